The summed E-state index contributed by atoms with van der Waals surface area (Å²) < 4.78 is 8.68. The minimum atomic E-state index is -0.433. The van der Waals surface area contributed by atoms with Crippen LogP contribution in [0.1, 0.15) is 36.5 Å². The molecule has 1 aromatic heterocycles. The maximum Gasteiger partial charge on any atom is 0.344 e. The van der Waals surface area contributed by atoms with Crippen LogP contribution >= 0.6 is 11.5 Å². The van der Waals surface area contributed by atoms with Crippen LogP contribution in [0, 0.1) is 5.41 Å². The normalized spacial score (nSPS) is 17.3. The van der Waals surface area contributed by atoms with Crippen LogP contribution < -0.4 is 11.1 Å². The minimum Gasteiger partial charge on any atom is -0.465 e. The fourth-order valence-corrected chi connectivity index (χ4v) is 2.67. The molecule has 0 spiro atoms. The molecule has 0 unspecified atom stereocenters. The number of rotatable bonds is 4. The number of carbonyl (C=O) groups excluding carboxylic acids is 1. The monoisotopic (exact) mass is 255 g/mol. The first-order valence-corrected chi connectivity index (χ1v) is 6.40. The van der Waals surface area contributed by atoms with Gasteiger partial charge in [-0.2, -0.15) is 4.37 Å². The highest BCUT2D eigenvalue weighted by Crippen LogP contribution is 2.41. The number of carbonyl (C=O) groups is 1. The van der Waals surface area contributed by atoms with Crippen LogP contribution in [-0.4, -0.2) is 24.0 Å². The van der Waals surface area contributed by atoms with Crippen molar-refractivity contribution >= 4 is 28.3 Å². The molecule has 2 rings (SSSR count). The van der Waals surface area contributed by atoms with Gasteiger partial charge >= 0.3 is 5.97 Å². The molecule has 6 heteroatoms. The zero-order valence-corrected chi connectivity index (χ0v) is 10.9. The highest BCUT2D eigenvalue weighted by molar-refractivity contribution is 7.11. The van der Waals surface area contributed by atoms with Gasteiger partial charge in [0.05, 0.1) is 7.11 Å². The molecule has 0 amide bonds. The average Bonchev–Trinajstić information content (AvgIpc) is 2.64. The Hall–Kier alpha value is -1.30. The lowest BCUT2D eigenvalue weighted by molar-refractivity contribution is 0.0603. The number of nitrogens with one attached hydrogen (secondary N) is 1. The van der Waals surface area contributed by atoms with E-state index in [1.54, 1.807) is 0 Å². The van der Waals surface area contributed by atoms with Crippen LogP contribution in [0.5, 0.6) is 0 Å². The van der Waals surface area contributed by atoms with Gasteiger partial charge in [0.1, 0.15) is 10.6 Å². The summed E-state index contributed by atoms with van der Waals surface area (Å²) in [6, 6.07) is 0. The molecule has 5 nitrogen and oxygen atoms in total. The van der Waals surface area contributed by atoms with Gasteiger partial charge in [-0.15, -0.1) is 0 Å². The molecular weight excluding hydrogens is 238 g/mol. The van der Waals surface area contributed by atoms with E-state index in [9.17, 15) is 4.79 Å². The highest BCUT2D eigenvalue weighted by atomic mass is 32.1. The Bertz CT molecular complexity index is 426. The molecule has 0 radical (unpaired) electrons. The Morgan fingerprint density at radius 3 is 2.88 bits per heavy atom. The Labute approximate surface area is 105 Å². The van der Waals surface area contributed by atoms with Crippen molar-refractivity contribution in [3.63, 3.8) is 0 Å². The molecule has 1 heterocycles. The third-order valence-electron chi connectivity index (χ3n) is 3.34. The topological polar surface area (TPSA) is 77.2 Å². The van der Waals surface area contributed by atoms with Crippen LogP contribution in [0.4, 0.5) is 10.8 Å². The number of aromatic nitrogens is 1. The van der Waals surface area contributed by atoms with E-state index in [1.807, 2.05) is 0 Å². The number of ether oxygens (including phenoxy) is 1. The Balaban J connectivity index is 2.07. The number of anilines is 2. The molecule has 17 heavy (non-hydrogen) atoms. The molecule has 1 saturated carbocycles. The Morgan fingerprint density at radius 2 is 2.35 bits per heavy atom. The van der Waals surface area contributed by atoms with Gasteiger partial charge in [0, 0.05) is 6.54 Å². The molecule has 3 N–H and O–H groups in total. The third kappa shape index (κ3) is 2.36. The number of nitrogens with two attached hydrogens (primary N) is 1. The summed E-state index contributed by atoms with van der Waals surface area (Å²) in [6.07, 6.45) is 3.73. The first-order valence-electron chi connectivity index (χ1n) is 5.63. The van der Waals surface area contributed by atoms with Crippen LogP contribution in [0.3, 0.4) is 0 Å². The Kier molecular flexibility index (Phi) is 3.24. The smallest absolute Gasteiger partial charge is 0.344 e. The zero-order chi connectivity index (χ0) is 12.5. The molecular formula is C11H17N3O2S. The lowest BCUT2D eigenvalue weighted by atomic mass is 9.70. The number of nitrogens with zero attached hydrogens (tertiary/aromatic N) is 1. The number of hydrogen-bond donors (Lipinski definition) is 2. The lowest BCUT2D eigenvalue weighted by Crippen LogP contribution is -2.33. The van der Waals surface area contributed by atoms with Crippen LogP contribution in [0.15, 0.2) is 0 Å². The third-order valence-corrected chi connectivity index (χ3v) is 4.16. The van der Waals surface area contributed by atoms with Crippen molar-refractivity contribution in [2.45, 2.75) is 26.2 Å². The van der Waals surface area contributed by atoms with Gasteiger partial charge < -0.3 is 15.8 Å². The summed E-state index contributed by atoms with van der Waals surface area (Å²) in [4.78, 5) is 11.5. The standard InChI is InChI=1S/C11H17N3O2S/c1-11(4-3-5-11)6-13-9-7(10(15)16-2)8(12)14-17-9/h13H,3-6H2,1-2H3,(H2,12,14). The molecule has 0 atom stereocenters. The van der Waals surface area contributed by atoms with E-state index in [-0.39, 0.29) is 5.82 Å². The predicted octanol–water partition coefficient (Wildman–Crippen LogP) is 2.11. The molecule has 0 saturated heterocycles. The SMILES string of the molecule is COC(=O)c1c(N)nsc1NCC1(C)CCC1. The van der Waals surface area contributed by atoms with Crippen molar-refractivity contribution in [3.05, 3.63) is 5.56 Å². The summed E-state index contributed by atoms with van der Waals surface area (Å²) in [6.45, 7) is 3.09. The highest BCUT2D eigenvalue weighted by Gasteiger charge is 2.32. The van der Waals surface area contributed by atoms with E-state index in [4.69, 9.17) is 10.5 Å². The summed E-state index contributed by atoms with van der Waals surface area (Å²) >= 11 is 1.21. The molecule has 1 fully saturated rings. The van der Waals surface area contributed by atoms with Crippen LogP contribution in [0.2, 0.25) is 0 Å². The maximum absolute atomic E-state index is 11.5. The zero-order valence-electron chi connectivity index (χ0n) is 10.1. The second-order valence-corrected chi connectivity index (χ2v) is 5.55. The van der Waals surface area contributed by atoms with Crippen molar-refractivity contribution in [2.75, 3.05) is 24.7 Å². The number of hydrogen-bond acceptors (Lipinski definition) is 6. The molecule has 1 aromatic rings. The predicted molar refractivity (Wildman–Crippen MR) is 68.3 cm³/mol. The van der Waals surface area contributed by atoms with Crippen LogP contribution in [-0.2, 0) is 4.74 Å². The molecule has 1 aliphatic rings. The second kappa shape index (κ2) is 4.52. The van der Waals surface area contributed by atoms with E-state index in [0.717, 1.165) is 6.54 Å². The fraction of sp³-hybridized carbons (Fsp3) is 0.636. The molecule has 94 valence electrons. The average molecular weight is 255 g/mol. The van der Waals surface area contributed by atoms with Gasteiger partial charge in [-0.25, -0.2) is 4.79 Å². The fourth-order valence-electron chi connectivity index (χ4n) is 1.97. The Morgan fingerprint density at radius 1 is 1.65 bits per heavy atom. The second-order valence-electron chi connectivity index (χ2n) is 4.78. The van der Waals surface area contributed by atoms with E-state index in [0.29, 0.717) is 16.0 Å². The van der Waals surface area contributed by atoms with Gasteiger partial charge in [0.2, 0.25) is 0 Å². The quantitative estimate of drug-likeness (QED) is 0.806. The number of methoxy groups -OCH3 is 1. The van der Waals surface area contributed by atoms with E-state index in [2.05, 4.69) is 16.6 Å². The first kappa shape index (κ1) is 12.2. The maximum atomic E-state index is 11.5. The lowest BCUT2D eigenvalue weighted by Gasteiger charge is -2.38. The summed E-state index contributed by atoms with van der Waals surface area (Å²) in [5.74, 6) is -0.194. The van der Waals surface area contributed by atoms with Gasteiger partial charge in [-0.05, 0) is 29.8 Å². The van der Waals surface area contributed by atoms with E-state index in [1.165, 1.54) is 37.9 Å². The summed E-state index contributed by atoms with van der Waals surface area (Å²) in [7, 11) is 1.34. The van der Waals surface area contributed by atoms with Crippen molar-refractivity contribution in [3.8, 4) is 0 Å². The number of esters is 1. The van der Waals surface area contributed by atoms with Crippen molar-refractivity contribution in [1.82, 2.24) is 4.37 Å². The van der Waals surface area contributed by atoms with Crippen molar-refractivity contribution in [2.24, 2.45) is 5.41 Å². The van der Waals surface area contributed by atoms with Crippen molar-refractivity contribution < 1.29 is 9.53 Å². The first-order chi connectivity index (χ1) is 8.06. The molecule has 1 aliphatic carbocycles. The van der Waals surface area contributed by atoms with Gasteiger partial charge in [0.25, 0.3) is 0 Å². The summed E-state index contributed by atoms with van der Waals surface area (Å²) in [5, 5.41) is 3.98. The molecule has 0 bridgehead atoms. The van der Waals surface area contributed by atoms with Gasteiger partial charge in [0.15, 0.2) is 5.82 Å². The van der Waals surface area contributed by atoms with E-state index >= 15 is 0 Å². The largest absolute Gasteiger partial charge is 0.465 e. The van der Waals surface area contributed by atoms with Crippen molar-refractivity contribution in [1.29, 1.82) is 0 Å². The van der Waals surface area contributed by atoms with E-state index < -0.39 is 5.97 Å². The molecule has 0 aromatic carbocycles. The minimum absolute atomic E-state index is 0.239. The van der Waals surface area contributed by atoms with Gasteiger partial charge in [-0.1, -0.05) is 13.3 Å². The molecule has 0 aliphatic heterocycles. The van der Waals surface area contributed by atoms with Crippen LogP contribution in [0.25, 0.3) is 0 Å². The summed E-state index contributed by atoms with van der Waals surface area (Å²) in [5.41, 5.74) is 6.36. The number of nitrogen functional groups attached to an aromatic ring is 1. The van der Waals surface area contributed by atoms with Gasteiger partial charge in [-0.3, -0.25) is 0 Å².